The predicted molar refractivity (Wildman–Crippen MR) is 27.7 cm³/mol. The molecule has 0 saturated carbocycles. The molecule has 2 nitrogen and oxygen atoms in total. The maximum absolute atomic E-state index is 4.77. The molecular weight excluding hydrogens is 90.1 g/mol. The molecule has 0 atom stereocenters. The van der Waals surface area contributed by atoms with Crippen molar-refractivity contribution in [2.24, 2.45) is 0 Å². The first kappa shape index (κ1) is 4.65. The van der Waals surface area contributed by atoms with Crippen molar-refractivity contribution in [2.45, 2.75) is 0 Å². The van der Waals surface area contributed by atoms with Crippen LogP contribution < -0.4 is 0 Å². The normalized spacial score (nSPS) is 16.1. The lowest BCUT2D eigenvalue weighted by Gasteiger charge is -2.01. The lowest BCUT2D eigenvalue weighted by molar-refractivity contribution is 0.387. The Balaban J connectivity index is 2.09. The maximum Gasteiger partial charge on any atom is 0.152 e. The van der Waals surface area contributed by atoms with Crippen LogP contribution in [0.5, 0.6) is 0 Å². The first-order valence-electron chi connectivity index (χ1n) is 2.29. The van der Waals surface area contributed by atoms with Crippen LogP contribution in [0.1, 0.15) is 0 Å². The van der Waals surface area contributed by atoms with Crippen LogP contribution in [0.4, 0.5) is 0 Å². The highest BCUT2D eigenvalue weighted by Crippen LogP contribution is 2.12. The van der Waals surface area contributed by atoms with Crippen molar-refractivity contribution >= 4 is 0 Å². The second kappa shape index (κ2) is 1.54. The average molecular weight is 99.1 g/mol. The fraction of sp³-hybridized carbons (Fsp3) is 0.600. The van der Waals surface area contributed by atoms with E-state index in [-0.39, 0.29) is 0 Å². The number of hydrogen-bond donors (Lipinski definition) is 0. The molecule has 0 saturated heterocycles. The Labute approximate surface area is 43.4 Å². The molecule has 0 aromatic carbocycles. The van der Waals surface area contributed by atoms with Crippen LogP contribution in [-0.4, -0.2) is 25.5 Å². The van der Waals surface area contributed by atoms with Crippen LogP contribution >= 0.6 is 0 Å². The Morgan fingerprint density at radius 3 is 2.43 bits per heavy atom. The Morgan fingerprint density at radius 1 is 1.71 bits per heavy atom. The van der Waals surface area contributed by atoms with Gasteiger partial charge in [0.25, 0.3) is 0 Å². The Bertz CT molecular complexity index is 96.3. The number of nitrogens with zero attached hydrogens (tertiary/aromatic N) is 1. The van der Waals surface area contributed by atoms with Gasteiger partial charge in [-0.05, 0) is 14.1 Å². The largest absolute Gasteiger partial charge is 0.461 e. The Hall–Kier alpha value is -0.500. The van der Waals surface area contributed by atoms with E-state index in [1.54, 1.807) is 6.26 Å². The summed E-state index contributed by atoms with van der Waals surface area (Å²) in [7, 11) is 4.03. The minimum absolute atomic E-state index is 0.944. The van der Waals surface area contributed by atoms with Crippen LogP contribution in [0.3, 0.4) is 0 Å². The maximum atomic E-state index is 4.77. The zero-order chi connectivity index (χ0) is 5.28. The monoisotopic (exact) mass is 99.1 g/mol. The van der Waals surface area contributed by atoms with E-state index in [9.17, 15) is 0 Å². The molecule has 0 aliphatic carbocycles. The molecule has 7 heavy (non-hydrogen) atoms. The van der Waals surface area contributed by atoms with Gasteiger partial charge in [0.15, 0.2) is 5.76 Å². The first-order chi connectivity index (χ1) is 3.29. The highest BCUT2D eigenvalue weighted by Gasteiger charge is 2.08. The van der Waals surface area contributed by atoms with Crippen molar-refractivity contribution in [3.8, 4) is 0 Å². The second-order valence-corrected chi connectivity index (χ2v) is 1.94. The van der Waals surface area contributed by atoms with Crippen molar-refractivity contribution in [3.63, 3.8) is 0 Å². The van der Waals surface area contributed by atoms with E-state index in [0.717, 1.165) is 12.3 Å². The molecule has 0 spiro atoms. The van der Waals surface area contributed by atoms with Gasteiger partial charge in [-0.1, -0.05) is 0 Å². The van der Waals surface area contributed by atoms with Gasteiger partial charge in [-0.25, -0.2) is 0 Å². The summed E-state index contributed by atoms with van der Waals surface area (Å²) in [6, 6.07) is 0. The molecule has 0 aromatic rings. The summed E-state index contributed by atoms with van der Waals surface area (Å²) in [5.41, 5.74) is 0. The van der Waals surface area contributed by atoms with Crippen molar-refractivity contribution in [3.05, 3.63) is 12.0 Å². The molecule has 0 amide bonds. The van der Waals surface area contributed by atoms with E-state index in [2.05, 4.69) is 4.90 Å². The highest BCUT2D eigenvalue weighted by atomic mass is 16.5. The number of likely N-dealkylation sites (N-methyl/N-ethyl adjacent to an activating group) is 1. The molecule has 0 radical (unpaired) electrons. The quantitative estimate of drug-likeness (QED) is 0.498. The molecule has 0 unspecified atom stereocenters. The van der Waals surface area contributed by atoms with E-state index in [4.69, 9.17) is 4.74 Å². The van der Waals surface area contributed by atoms with Gasteiger partial charge in [-0.2, -0.15) is 0 Å². The summed E-state index contributed by atoms with van der Waals surface area (Å²) < 4.78 is 4.77. The standard InChI is InChI=1S/C5H9NO/c1-6(2)3-5-4-7-5/h4H,3H2,1-2H3. The minimum Gasteiger partial charge on any atom is -0.461 e. The molecule has 2 heteroatoms. The van der Waals surface area contributed by atoms with E-state index in [0.29, 0.717) is 0 Å². The van der Waals surface area contributed by atoms with E-state index in [1.165, 1.54) is 0 Å². The van der Waals surface area contributed by atoms with Gasteiger partial charge >= 0.3 is 0 Å². The summed E-state index contributed by atoms with van der Waals surface area (Å²) in [5, 5.41) is 0. The number of ether oxygens (including phenoxy) is 1. The molecule has 1 aliphatic heterocycles. The second-order valence-electron chi connectivity index (χ2n) is 1.94. The van der Waals surface area contributed by atoms with Crippen molar-refractivity contribution in [2.75, 3.05) is 20.6 Å². The van der Waals surface area contributed by atoms with Gasteiger partial charge in [-0.15, -0.1) is 0 Å². The SMILES string of the molecule is CN(C)CC1=CO1. The van der Waals surface area contributed by atoms with Gasteiger partial charge in [0.05, 0.1) is 6.54 Å². The van der Waals surface area contributed by atoms with E-state index < -0.39 is 0 Å². The van der Waals surface area contributed by atoms with Gasteiger partial charge in [0, 0.05) is 0 Å². The lowest BCUT2D eigenvalue weighted by Crippen LogP contribution is -2.11. The van der Waals surface area contributed by atoms with Crippen LogP contribution in [0.2, 0.25) is 0 Å². The van der Waals surface area contributed by atoms with Crippen molar-refractivity contribution < 1.29 is 4.74 Å². The third-order valence-electron chi connectivity index (χ3n) is 0.757. The van der Waals surface area contributed by atoms with Gasteiger partial charge in [-0.3, -0.25) is 0 Å². The third-order valence-corrected chi connectivity index (χ3v) is 0.757. The first-order valence-corrected chi connectivity index (χ1v) is 2.29. The van der Waals surface area contributed by atoms with Gasteiger partial charge in [0.2, 0.25) is 0 Å². The third kappa shape index (κ3) is 1.59. The molecule has 0 N–H and O–H groups in total. The Morgan fingerprint density at radius 2 is 2.29 bits per heavy atom. The van der Waals surface area contributed by atoms with Gasteiger partial charge in [0.1, 0.15) is 6.26 Å². The molecule has 0 bridgehead atoms. The smallest absolute Gasteiger partial charge is 0.152 e. The fourth-order valence-corrected chi connectivity index (χ4v) is 0.428. The topological polar surface area (TPSA) is 15.8 Å². The predicted octanol–water partition coefficient (Wildman–Crippen LogP) is 0.420. The zero-order valence-electron chi connectivity index (χ0n) is 4.64. The van der Waals surface area contributed by atoms with Crippen LogP contribution in [0.25, 0.3) is 0 Å². The van der Waals surface area contributed by atoms with Crippen molar-refractivity contribution in [1.29, 1.82) is 0 Å². The molecule has 1 rings (SSSR count). The van der Waals surface area contributed by atoms with Crippen LogP contribution in [0, 0.1) is 0 Å². The molecule has 1 heterocycles. The summed E-state index contributed by atoms with van der Waals surface area (Å²) in [5.74, 6) is 1.09. The van der Waals surface area contributed by atoms with Crippen molar-refractivity contribution in [1.82, 2.24) is 4.90 Å². The number of hydrogen-bond acceptors (Lipinski definition) is 2. The summed E-state index contributed by atoms with van der Waals surface area (Å²) in [4.78, 5) is 2.07. The molecule has 40 valence electrons. The van der Waals surface area contributed by atoms with Crippen LogP contribution in [-0.2, 0) is 4.74 Å². The minimum atomic E-state index is 0.944. The van der Waals surface area contributed by atoms with E-state index in [1.807, 2.05) is 14.1 Å². The summed E-state index contributed by atoms with van der Waals surface area (Å²) in [6.07, 6.45) is 1.76. The zero-order valence-corrected chi connectivity index (χ0v) is 4.64. The summed E-state index contributed by atoms with van der Waals surface area (Å²) in [6.45, 7) is 0.944. The van der Waals surface area contributed by atoms with E-state index >= 15 is 0 Å². The van der Waals surface area contributed by atoms with Crippen LogP contribution in [0.15, 0.2) is 12.0 Å². The highest BCUT2D eigenvalue weighted by molar-refractivity contribution is 5.04. The Kier molecular flexibility index (Phi) is 1.02. The molecule has 0 fully saturated rings. The van der Waals surface area contributed by atoms with Gasteiger partial charge < -0.3 is 9.64 Å². The fourth-order valence-electron chi connectivity index (χ4n) is 0.428. The molecule has 1 aliphatic rings. The lowest BCUT2D eigenvalue weighted by atomic mass is 10.6. The number of rotatable bonds is 2. The molecular formula is C5H9NO. The summed E-state index contributed by atoms with van der Waals surface area (Å²) >= 11 is 0. The average Bonchev–Trinajstić information content (AvgIpc) is 2.17. The molecule has 0 aromatic heterocycles.